The van der Waals surface area contributed by atoms with Gasteiger partial charge in [0.05, 0.1) is 6.61 Å². The summed E-state index contributed by atoms with van der Waals surface area (Å²) in [5.41, 5.74) is 6.16. The van der Waals surface area contributed by atoms with Crippen LogP contribution in [0.15, 0.2) is 0 Å². The van der Waals surface area contributed by atoms with Gasteiger partial charge in [0.1, 0.15) is 0 Å². The van der Waals surface area contributed by atoms with Crippen LogP contribution in [0.5, 0.6) is 0 Å². The number of hydrogen-bond acceptors (Lipinski definition) is 3. The molecule has 0 aromatic rings. The first-order chi connectivity index (χ1) is 9.56. The van der Waals surface area contributed by atoms with Crippen LogP contribution in [0.25, 0.3) is 0 Å². The van der Waals surface area contributed by atoms with E-state index in [2.05, 4.69) is 13.8 Å². The lowest BCUT2D eigenvalue weighted by molar-refractivity contribution is -0.136. The summed E-state index contributed by atoms with van der Waals surface area (Å²) in [6.07, 6.45) is 8.02. The summed E-state index contributed by atoms with van der Waals surface area (Å²) in [5, 5.41) is 0. The number of nitrogens with two attached hydrogens (primary N) is 1. The second-order valence-electron chi connectivity index (χ2n) is 6.15. The second-order valence-corrected chi connectivity index (χ2v) is 6.15. The van der Waals surface area contributed by atoms with Crippen molar-refractivity contribution in [3.05, 3.63) is 0 Å². The molecule has 118 valence electrons. The highest BCUT2D eigenvalue weighted by atomic mass is 16.5. The molecule has 0 bridgehead atoms. The van der Waals surface area contributed by atoms with E-state index in [-0.39, 0.29) is 11.4 Å². The molecule has 0 heterocycles. The van der Waals surface area contributed by atoms with Gasteiger partial charge in [0.25, 0.3) is 0 Å². The van der Waals surface area contributed by atoms with Crippen LogP contribution in [0.1, 0.15) is 65.2 Å². The van der Waals surface area contributed by atoms with E-state index >= 15 is 0 Å². The van der Waals surface area contributed by atoms with E-state index in [1.54, 1.807) is 7.11 Å². The molecule has 0 atom stereocenters. The molecule has 0 unspecified atom stereocenters. The SMILES string of the molecule is CCC(CC)N(CCOC)C(=O)CC1(N)CCCCC1. The van der Waals surface area contributed by atoms with Crippen molar-refractivity contribution in [1.29, 1.82) is 0 Å². The zero-order valence-corrected chi connectivity index (χ0v) is 13.5. The Morgan fingerprint density at radius 2 is 1.85 bits per heavy atom. The number of hydrogen-bond donors (Lipinski definition) is 1. The van der Waals surface area contributed by atoms with E-state index in [0.29, 0.717) is 25.6 Å². The zero-order valence-electron chi connectivity index (χ0n) is 13.5. The highest BCUT2D eigenvalue weighted by Crippen LogP contribution is 2.29. The Morgan fingerprint density at radius 1 is 1.25 bits per heavy atom. The summed E-state index contributed by atoms with van der Waals surface area (Å²) in [6, 6.07) is 0.310. The fourth-order valence-electron chi connectivity index (χ4n) is 3.27. The maximum atomic E-state index is 12.7. The third kappa shape index (κ3) is 5.06. The highest BCUT2D eigenvalue weighted by Gasteiger charge is 2.33. The molecule has 1 amide bonds. The van der Waals surface area contributed by atoms with Crippen molar-refractivity contribution in [3.8, 4) is 0 Å². The molecule has 0 saturated heterocycles. The molecule has 1 rings (SSSR count). The van der Waals surface area contributed by atoms with E-state index < -0.39 is 0 Å². The molecular formula is C16H32N2O2. The Morgan fingerprint density at radius 3 is 2.35 bits per heavy atom. The summed E-state index contributed by atoms with van der Waals surface area (Å²) < 4.78 is 5.15. The quantitative estimate of drug-likeness (QED) is 0.745. The van der Waals surface area contributed by atoms with E-state index in [9.17, 15) is 4.79 Å². The standard InChI is InChI=1S/C16H32N2O2/c1-4-14(5-2)18(11-12-20-3)15(19)13-16(17)9-7-6-8-10-16/h14H,4-13,17H2,1-3H3. The summed E-state index contributed by atoms with van der Waals surface area (Å²) in [7, 11) is 1.68. The maximum Gasteiger partial charge on any atom is 0.224 e. The normalized spacial score (nSPS) is 18.2. The smallest absolute Gasteiger partial charge is 0.224 e. The van der Waals surface area contributed by atoms with Gasteiger partial charge in [-0.3, -0.25) is 4.79 Å². The molecule has 4 nitrogen and oxygen atoms in total. The number of carbonyl (C=O) groups is 1. The minimum absolute atomic E-state index is 0.208. The second kappa shape index (κ2) is 8.63. The Balaban J connectivity index is 2.65. The van der Waals surface area contributed by atoms with Crippen LogP contribution in [-0.4, -0.2) is 42.6 Å². The molecule has 1 aliphatic carbocycles. The third-order valence-corrected chi connectivity index (χ3v) is 4.59. The molecular weight excluding hydrogens is 252 g/mol. The lowest BCUT2D eigenvalue weighted by Crippen LogP contribution is -2.49. The number of carbonyl (C=O) groups excluding carboxylic acids is 1. The molecule has 20 heavy (non-hydrogen) atoms. The summed E-state index contributed by atoms with van der Waals surface area (Å²) in [6.45, 7) is 5.55. The summed E-state index contributed by atoms with van der Waals surface area (Å²) in [4.78, 5) is 14.7. The van der Waals surface area contributed by atoms with Gasteiger partial charge in [-0.15, -0.1) is 0 Å². The molecule has 1 saturated carbocycles. The van der Waals surface area contributed by atoms with Crippen molar-refractivity contribution in [2.45, 2.75) is 76.8 Å². The lowest BCUT2D eigenvalue weighted by atomic mass is 9.80. The lowest BCUT2D eigenvalue weighted by Gasteiger charge is -2.37. The van der Waals surface area contributed by atoms with Gasteiger partial charge >= 0.3 is 0 Å². The fourth-order valence-corrected chi connectivity index (χ4v) is 3.27. The number of methoxy groups -OCH3 is 1. The monoisotopic (exact) mass is 284 g/mol. The number of ether oxygens (including phenoxy) is 1. The van der Waals surface area contributed by atoms with Gasteiger partial charge in [-0.25, -0.2) is 0 Å². The van der Waals surface area contributed by atoms with Gasteiger partial charge in [-0.1, -0.05) is 33.1 Å². The average molecular weight is 284 g/mol. The van der Waals surface area contributed by atoms with E-state index in [1.165, 1.54) is 6.42 Å². The van der Waals surface area contributed by atoms with Crippen LogP contribution in [-0.2, 0) is 9.53 Å². The first-order valence-electron chi connectivity index (χ1n) is 8.13. The van der Waals surface area contributed by atoms with Crippen LogP contribution in [0.2, 0.25) is 0 Å². The molecule has 1 fully saturated rings. The van der Waals surface area contributed by atoms with Gasteiger partial charge < -0.3 is 15.4 Å². The fraction of sp³-hybridized carbons (Fsp3) is 0.938. The maximum absolute atomic E-state index is 12.7. The van der Waals surface area contributed by atoms with Crippen LogP contribution in [0.4, 0.5) is 0 Å². The van der Waals surface area contributed by atoms with E-state index in [1.807, 2.05) is 4.90 Å². The Kier molecular flexibility index (Phi) is 7.52. The van der Waals surface area contributed by atoms with Crippen LogP contribution in [0.3, 0.4) is 0 Å². The largest absolute Gasteiger partial charge is 0.383 e. The summed E-state index contributed by atoms with van der Waals surface area (Å²) in [5.74, 6) is 0.208. The predicted molar refractivity (Wildman–Crippen MR) is 82.6 cm³/mol. The topological polar surface area (TPSA) is 55.6 Å². The van der Waals surface area contributed by atoms with Crippen molar-refractivity contribution in [2.24, 2.45) is 5.73 Å². The number of nitrogens with zero attached hydrogens (tertiary/aromatic N) is 1. The number of amides is 1. The molecule has 0 spiro atoms. The zero-order chi connectivity index (χ0) is 15.0. The molecule has 0 radical (unpaired) electrons. The minimum Gasteiger partial charge on any atom is -0.383 e. The van der Waals surface area contributed by atoms with Crippen LogP contribution >= 0.6 is 0 Å². The van der Waals surface area contributed by atoms with Crippen molar-refractivity contribution in [1.82, 2.24) is 4.90 Å². The van der Waals surface area contributed by atoms with Gasteiger partial charge in [0.2, 0.25) is 5.91 Å². The Bertz CT molecular complexity index is 284. The third-order valence-electron chi connectivity index (χ3n) is 4.59. The first kappa shape index (κ1) is 17.4. The van der Waals surface area contributed by atoms with Gasteiger partial charge in [0.15, 0.2) is 0 Å². The van der Waals surface area contributed by atoms with Crippen molar-refractivity contribution >= 4 is 5.91 Å². The number of rotatable bonds is 8. The Hall–Kier alpha value is -0.610. The van der Waals surface area contributed by atoms with E-state index in [4.69, 9.17) is 10.5 Å². The molecule has 0 aliphatic heterocycles. The van der Waals surface area contributed by atoms with Crippen molar-refractivity contribution in [3.63, 3.8) is 0 Å². The van der Waals surface area contributed by atoms with Crippen LogP contribution in [0, 0.1) is 0 Å². The van der Waals surface area contributed by atoms with E-state index in [0.717, 1.165) is 38.5 Å². The first-order valence-corrected chi connectivity index (χ1v) is 8.13. The molecule has 1 aliphatic rings. The molecule has 0 aromatic heterocycles. The average Bonchev–Trinajstić information content (AvgIpc) is 2.43. The molecule has 2 N–H and O–H groups in total. The van der Waals surface area contributed by atoms with Crippen molar-refractivity contribution in [2.75, 3.05) is 20.3 Å². The highest BCUT2D eigenvalue weighted by molar-refractivity contribution is 5.77. The van der Waals surface area contributed by atoms with Crippen LogP contribution < -0.4 is 5.73 Å². The van der Waals surface area contributed by atoms with Gasteiger partial charge in [-0.2, -0.15) is 0 Å². The van der Waals surface area contributed by atoms with Gasteiger partial charge in [-0.05, 0) is 25.7 Å². The molecule has 0 aromatic carbocycles. The predicted octanol–water partition coefficient (Wildman–Crippen LogP) is 2.70. The van der Waals surface area contributed by atoms with Crippen molar-refractivity contribution < 1.29 is 9.53 Å². The summed E-state index contributed by atoms with van der Waals surface area (Å²) >= 11 is 0. The Labute approximate surface area is 124 Å². The minimum atomic E-state index is -0.271. The molecule has 4 heteroatoms. The van der Waals surface area contributed by atoms with Gasteiger partial charge in [0, 0.05) is 31.7 Å².